The van der Waals surface area contributed by atoms with Crippen LogP contribution in [0.25, 0.3) is 0 Å². The molecule has 0 aliphatic carbocycles. The van der Waals surface area contributed by atoms with Gasteiger partial charge in [-0.25, -0.2) is 9.97 Å². The highest BCUT2D eigenvalue weighted by molar-refractivity contribution is 5.56. The van der Waals surface area contributed by atoms with Crippen molar-refractivity contribution in [2.45, 2.75) is 25.1 Å². The summed E-state index contributed by atoms with van der Waals surface area (Å²) < 4.78 is 39.8. The standard InChI is InChI=1S/C16H16F3N7/c17-16(18,19)13-9-23-15(25-12-2-1-11(7-20)22-8-12)26-14(13)24-10-3-5-21-6-4-10/h1-2,8-10,21H,3-6H2,(H2,23,24,25,26). The molecule has 1 aliphatic rings. The van der Waals surface area contributed by atoms with Crippen LogP contribution in [0.1, 0.15) is 24.1 Å². The maximum absolute atomic E-state index is 13.3. The Morgan fingerprint density at radius 3 is 2.54 bits per heavy atom. The second kappa shape index (κ2) is 7.53. The zero-order valence-electron chi connectivity index (χ0n) is 13.6. The summed E-state index contributed by atoms with van der Waals surface area (Å²) in [4.78, 5) is 11.6. The molecule has 0 radical (unpaired) electrons. The quantitative estimate of drug-likeness (QED) is 0.768. The first-order chi connectivity index (χ1) is 12.5. The van der Waals surface area contributed by atoms with Crippen LogP contribution in [0.15, 0.2) is 24.5 Å². The molecule has 0 saturated carbocycles. The Balaban J connectivity index is 1.84. The lowest BCUT2D eigenvalue weighted by atomic mass is 10.1. The number of pyridine rings is 1. The highest BCUT2D eigenvalue weighted by Gasteiger charge is 2.36. The van der Waals surface area contributed by atoms with Crippen LogP contribution >= 0.6 is 0 Å². The first-order valence-corrected chi connectivity index (χ1v) is 8.00. The largest absolute Gasteiger partial charge is 0.421 e. The minimum atomic E-state index is -4.55. The van der Waals surface area contributed by atoms with E-state index in [-0.39, 0.29) is 23.5 Å². The molecule has 7 nitrogen and oxygen atoms in total. The number of rotatable bonds is 4. The average Bonchev–Trinajstić information content (AvgIpc) is 2.62. The Morgan fingerprint density at radius 2 is 1.92 bits per heavy atom. The normalized spacial score (nSPS) is 15.3. The van der Waals surface area contributed by atoms with Crippen LogP contribution in [0.5, 0.6) is 0 Å². The molecule has 1 saturated heterocycles. The topological polar surface area (TPSA) is 98.5 Å². The van der Waals surface area contributed by atoms with E-state index in [1.54, 1.807) is 6.07 Å². The first kappa shape index (κ1) is 17.9. The third-order valence-corrected chi connectivity index (χ3v) is 3.91. The number of nitriles is 1. The maximum Gasteiger partial charge on any atom is 0.421 e. The molecular formula is C16H16F3N7. The van der Waals surface area contributed by atoms with Gasteiger partial charge in [-0.3, -0.25) is 0 Å². The molecule has 1 aliphatic heterocycles. The number of nitrogens with one attached hydrogen (secondary N) is 3. The van der Waals surface area contributed by atoms with Crippen LogP contribution in [-0.2, 0) is 6.18 Å². The van der Waals surface area contributed by atoms with Crippen LogP contribution < -0.4 is 16.0 Å². The van der Waals surface area contributed by atoms with Gasteiger partial charge >= 0.3 is 6.18 Å². The Bertz CT molecular complexity index is 793. The van der Waals surface area contributed by atoms with Gasteiger partial charge in [0.25, 0.3) is 0 Å². The number of alkyl halides is 3. The Kier molecular flexibility index (Phi) is 5.18. The van der Waals surface area contributed by atoms with Crippen molar-refractivity contribution in [2.75, 3.05) is 23.7 Å². The molecule has 2 aromatic rings. The highest BCUT2D eigenvalue weighted by Crippen LogP contribution is 2.34. The van der Waals surface area contributed by atoms with Gasteiger partial charge in [0.15, 0.2) is 0 Å². The molecular weight excluding hydrogens is 347 g/mol. The molecule has 10 heteroatoms. The highest BCUT2D eigenvalue weighted by atomic mass is 19.4. The number of piperidine rings is 1. The number of halogens is 3. The smallest absolute Gasteiger partial charge is 0.367 e. The molecule has 0 aromatic carbocycles. The third-order valence-electron chi connectivity index (χ3n) is 3.91. The van der Waals surface area contributed by atoms with Crippen molar-refractivity contribution in [3.05, 3.63) is 35.8 Å². The van der Waals surface area contributed by atoms with Gasteiger partial charge in [0.2, 0.25) is 5.95 Å². The van der Waals surface area contributed by atoms with Gasteiger partial charge in [0, 0.05) is 12.2 Å². The summed E-state index contributed by atoms with van der Waals surface area (Å²) in [5.74, 6) is -0.232. The van der Waals surface area contributed by atoms with E-state index in [4.69, 9.17) is 5.26 Å². The summed E-state index contributed by atoms with van der Waals surface area (Å²) in [7, 11) is 0. The zero-order chi connectivity index (χ0) is 18.6. The first-order valence-electron chi connectivity index (χ1n) is 8.00. The molecule has 1 fully saturated rings. The number of aromatic nitrogens is 3. The third kappa shape index (κ3) is 4.37. The van der Waals surface area contributed by atoms with Crippen molar-refractivity contribution in [3.63, 3.8) is 0 Å². The molecule has 2 aromatic heterocycles. The molecule has 3 N–H and O–H groups in total. The Labute approximate surface area is 147 Å². The summed E-state index contributed by atoms with van der Waals surface area (Å²) in [5, 5.41) is 17.6. The minimum absolute atomic E-state index is 0.0148. The molecule has 0 spiro atoms. The van der Waals surface area contributed by atoms with E-state index in [1.807, 2.05) is 6.07 Å². The second-order valence-electron chi connectivity index (χ2n) is 5.79. The maximum atomic E-state index is 13.3. The van der Waals surface area contributed by atoms with E-state index in [9.17, 15) is 13.2 Å². The number of hydrogen-bond acceptors (Lipinski definition) is 7. The molecule has 0 unspecified atom stereocenters. The predicted molar refractivity (Wildman–Crippen MR) is 88.8 cm³/mol. The van der Waals surface area contributed by atoms with Crippen LogP contribution in [0.4, 0.5) is 30.6 Å². The molecule has 3 rings (SSSR count). The van der Waals surface area contributed by atoms with Crippen molar-refractivity contribution in [3.8, 4) is 6.07 Å². The van der Waals surface area contributed by atoms with Crippen LogP contribution in [0, 0.1) is 11.3 Å². The predicted octanol–water partition coefficient (Wildman–Crippen LogP) is 2.67. The molecule has 26 heavy (non-hydrogen) atoms. The van der Waals surface area contributed by atoms with Gasteiger partial charge < -0.3 is 16.0 Å². The van der Waals surface area contributed by atoms with Crippen LogP contribution in [0.2, 0.25) is 0 Å². The molecule has 3 heterocycles. The van der Waals surface area contributed by atoms with Crippen molar-refractivity contribution in [1.29, 1.82) is 5.26 Å². The van der Waals surface area contributed by atoms with E-state index < -0.39 is 11.7 Å². The van der Waals surface area contributed by atoms with Crippen molar-refractivity contribution < 1.29 is 13.2 Å². The summed E-state index contributed by atoms with van der Waals surface area (Å²) in [5.41, 5.74) is -0.201. The van der Waals surface area contributed by atoms with E-state index >= 15 is 0 Å². The van der Waals surface area contributed by atoms with Gasteiger partial charge in [0.1, 0.15) is 23.1 Å². The number of anilines is 3. The van der Waals surface area contributed by atoms with E-state index in [0.717, 1.165) is 19.3 Å². The lowest BCUT2D eigenvalue weighted by molar-refractivity contribution is -0.137. The fourth-order valence-corrected chi connectivity index (χ4v) is 2.58. The SMILES string of the molecule is N#Cc1ccc(Nc2ncc(C(F)(F)F)c(NC3CCNCC3)n2)cn1. The van der Waals surface area contributed by atoms with Crippen molar-refractivity contribution in [2.24, 2.45) is 0 Å². The summed E-state index contributed by atoms with van der Waals surface area (Å²) in [6.07, 6.45) is -0.980. The zero-order valence-corrected chi connectivity index (χ0v) is 13.6. The van der Waals surface area contributed by atoms with Crippen molar-refractivity contribution in [1.82, 2.24) is 20.3 Å². The fourth-order valence-electron chi connectivity index (χ4n) is 2.58. The fraction of sp³-hybridized carbons (Fsp3) is 0.375. The minimum Gasteiger partial charge on any atom is -0.367 e. The molecule has 0 amide bonds. The lowest BCUT2D eigenvalue weighted by Crippen LogP contribution is -2.36. The van der Waals surface area contributed by atoms with Gasteiger partial charge in [-0.05, 0) is 38.1 Å². The summed E-state index contributed by atoms with van der Waals surface area (Å²) in [6.45, 7) is 1.48. The molecule has 0 atom stereocenters. The second-order valence-corrected chi connectivity index (χ2v) is 5.79. The average molecular weight is 363 g/mol. The number of hydrogen-bond donors (Lipinski definition) is 3. The van der Waals surface area contributed by atoms with Crippen LogP contribution in [0.3, 0.4) is 0 Å². The molecule has 136 valence electrons. The Morgan fingerprint density at radius 1 is 1.15 bits per heavy atom. The van der Waals surface area contributed by atoms with Gasteiger partial charge in [0.05, 0.1) is 11.9 Å². The molecule has 0 bridgehead atoms. The van der Waals surface area contributed by atoms with E-state index in [0.29, 0.717) is 18.5 Å². The lowest BCUT2D eigenvalue weighted by Gasteiger charge is -2.25. The summed E-state index contributed by atoms with van der Waals surface area (Å²) in [6, 6.07) is 4.86. The van der Waals surface area contributed by atoms with E-state index in [2.05, 4.69) is 30.9 Å². The monoisotopic (exact) mass is 363 g/mol. The summed E-state index contributed by atoms with van der Waals surface area (Å²) >= 11 is 0. The Hall–Kier alpha value is -2.93. The van der Waals surface area contributed by atoms with Crippen molar-refractivity contribution >= 4 is 17.5 Å². The van der Waals surface area contributed by atoms with Gasteiger partial charge in [-0.1, -0.05) is 0 Å². The van der Waals surface area contributed by atoms with Gasteiger partial charge in [-0.15, -0.1) is 0 Å². The number of nitrogens with zero attached hydrogens (tertiary/aromatic N) is 4. The van der Waals surface area contributed by atoms with E-state index in [1.165, 1.54) is 12.3 Å². The van der Waals surface area contributed by atoms with Crippen LogP contribution in [-0.4, -0.2) is 34.1 Å². The van der Waals surface area contributed by atoms with Gasteiger partial charge in [-0.2, -0.15) is 23.4 Å².